The third-order valence-corrected chi connectivity index (χ3v) is 3.48. The maximum absolute atomic E-state index is 11.4. The molecule has 0 aromatic carbocycles. The predicted octanol–water partition coefficient (Wildman–Crippen LogP) is -0.127. The number of nitrogens with one attached hydrogen (secondary N) is 1. The van der Waals surface area contributed by atoms with Crippen molar-refractivity contribution < 1.29 is 9.90 Å². The molecule has 5 atom stereocenters. The molecule has 2 bridgehead atoms. The monoisotopic (exact) mass is 165 g/mol. The summed E-state index contributed by atoms with van der Waals surface area (Å²) in [5.74, 6) is 1.11. The highest BCUT2D eigenvalue weighted by Gasteiger charge is 2.55. The molecule has 1 amide bonds. The summed E-state index contributed by atoms with van der Waals surface area (Å²) in [6, 6.07) is 0. The van der Waals surface area contributed by atoms with Crippen LogP contribution in [0.2, 0.25) is 0 Å². The fraction of sp³-hybridized carbons (Fsp3) is 0.667. The molecular formula is C9H11NO2. The van der Waals surface area contributed by atoms with E-state index in [9.17, 15) is 9.90 Å². The summed E-state index contributed by atoms with van der Waals surface area (Å²) in [6.45, 7) is 0. The summed E-state index contributed by atoms with van der Waals surface area (Å²) in [4.78, 5) is 11.4. The van der Waals surface area contributed by atoms with Gasteiger partial charge in [-0.25, -0.2) is 0 Å². The molecule has 1 aliphatic heterocycles. The number of hydrogen-bond acceptors (Lipinski definition) is 2. The van der Waals surface area contributed by atoms with Crippen LogP contribution >= 0.6 is 0 Å². The van der Waals surface area contributed by atoms with Crippen molar-refractivity contribution >= 4 is 5.91 Å². The second-order valence-corrected chi connectivity index (χ2v) is 4.00. The molecule has 0 aromatic rings. The Morgan fingerprint density at radius 2 is 2.17 bits per heavy atom. The zero-order valence-corrected chi connectivity index (χ0v) is 6.60. The highest BCUT2D eigenvalue weighted by molar-refractivity contribution is 5.83. The topological polar surface area (TPSA) is 49.3 Å². The van der Waals surface area contributed by atoms with E-state index in [0.29, 0.717) is 11.8 Å². The average Bonchev–Trinajstić information content (AvgIpc) is 2.64. The standard InChI is InChI=1S/C9H11NO2/c11-8-6-4-1-2-5(3-4)7(6)9(12)10-8/h1-2,4-8,11H,3H2,(H,10,12)/t4-,5+,6?,7?,8?/m1/s1. The van der Waals surface area contributed by atoms with Gasteiger partial charge in [-0.3, -0.25) is 4.79 Å². The Hall–Kier alpha value is -0.830. The van der Waals surface area contributed by atoms with Gasteiger partial charge in [0.1, 0.15) is 6.23 Å². The minimum Gasteiger partial charge on any atom is -0.373 e. The average molecular weight is 165 g/mol. The van der Waals surface area contributed by atoms with Crippen molar-refractivity contribution in [2.45, 2.75) is 12.6 Å². The molecule has 1 saturated heterocycles. The Morgan fingerprint density at radius 1 is 1.42 bits per heavy atom. The van der Waals surface area contributed by atoms with E-state index in [4.69, 9.17) is 0 Å². The van der Waals surface area contributed by atoms with E-state index < -0.39 is 6.23 Å². The third-order valence-electron chi connectivity index (χ3n) is 3.48. The lowest BCUT2D eigenvalue weighted by molar-refractivity contribution is -0.123. The normalized spacial score (nSPS) is 54.4. The Morgan fingerprint density at radius 3 is 2.92 bits per heavy atom. The molecule has 0 spiro atoms. The quantitative estimate of drug-likeness (QED) is 0.491. The van der Waals surface area contributed by atoms with Gasteiger partial charge in [0.2, 0.25) is 5.91 Å². The Kier molecular flexibility index (Phi) is 1.06. The van der Waals surface area contributed by atoms with Crippen LogP contribution in [0.4, 0.5) is 0 Å². The smallest absolute Gasteiger partial charge is 0.226 e. The summed E-state index contributed by atoms with van der Waals surface area (Å²) in [6.07, 6.45) is 4.75. The van der Waals surface area contributed by atoms with Gasteiger partial charge in [0.15, 0.2) is 0 Å². The van der Waals surface area contributed by atoms with Crippen LogP contribution in [0.3, 0.4) is 0 Å². The van der Waals surface area contributed by atoms with E-state index >= 15 is 0 Å². The zero-order valence-electron chi connectivity index (χ0n) is 6.60. The van der Waals surface area contributed by atoms with Crippen LogP contribution in [-0.2, 0) is 4.79 Å². The van der Waals surface area contributed by atoms with Gasteiger partial charge in [0.05, 0.1) is 5.92 Å². The van der Waals surface area contributed by atoms with Crippen molar-refractivity contribution in [3.63, 3.8) is 0 Å². The molecular weight excluding hydrogens is 154 g/mol. The number of allylic oxidation sites excluding steroid dienone is 2. The molecule has 2 fully saturated rings. The Labute approximate surface area is 70.5 Å². The first-order valence-corrected chi connectivity index (χ1v) is 4.44. The number of carbonyl (C=O) groups excluding carboxylic acids is 1. The molecule has 64 valence electrons. The Balaban J connectivity index is 2.03. The summed E-state index contributed by atoms with van der Waals surface area (Å²) in [5.41, 5.74) is 0. The van der Waals surface area contributed by atoms with E-state index in [2.05, 4.69) is 17.5 Å². The number of rotatable bonds is 0. The predicted molar refractivity (Wildman–Crippen MR) is 41.9 cm³/mol. The van der Waals surface area contributed by atoms with Gasteiger partial charge < -0.3 is 10.4 Å². The molecule has 2 N–H and O–H groups in total. The van der Waals surface area contributed by atoms with E-state index in [0.717, 1.165) is 6.42 Å². The molecule has 0 aromatic heterocycles. The van der Waals surface area contributed by atoms with Crippen molar-refractivity contribution in [2.75, 3.05) is 0 Å². The molecule has 1 heterocycles. The highest BCUT2D eigenvalue weighted by Crippen LogP contribution is 2.51. The van der Waals surface area contributed by atoms with Crippen molar-refractivity contribution in [3.05, 3.63) is 12.2 Å². The minimum atomic E-state index is -0.595. The summed E-state index contributed by atoms with van der Waals surface area (Å²) < 4.78 is 0. The third kappa shape index (κ3) is 0.591. The molecule has 12 heavy (non-hydrogen) atoms. The SMILES string of the molecule is O=C1NC(O)C2C1[C@H]1C=C[C@@H]2C1. The lowest BCUT2D eigenvalue weighted by Gasteiger charge is -2.19. The number of hydrogen-bond donors (Lipinski definition) is 2. The van der Waals surface area contributed by atoms with E-state index in [1.807, 2.05) is 0 Å². The molecule has 3 heteroatoms. The van der Waals surface area contributed by atoms with Crippen LogP contribution in [-0.4, -0.2) is 17.2 Å². The van der Waals surface area contributed by atoms with E-state index in [1.165, 1.54) is 0 Å². The first kappa shape index (κ1) is 6.66. The number of aliphatic hydroxyl groups is 1. The van der Waals surface area contributed by atoms with Crippen LogP contribution < -0.4 is 5.32 Å². The molecule has 3 rings (SSSR count). The van der Waals surface area contributed by atoms with Gasteiger partial charge in [0.25, 0.3) is 0 Å². The molecule has 1 saturated carbocycles. The number of fused-ring (bicyclic) bond motifs is 5. The number of carbonyl (C=O) groups is 1. The van der Waals surface area contributed by atoms with Gasteiger partial charge in [-0.05, 0) is 18.3 Å². The maximum atomic E-state index is 11.4. The summed E-state index contributed by atoms with van der Waals surface area (Å²) in [5, 5.41) is 12.1. The highest BCUT2D eigenvalue weighted by atomic mass is 16.3. The van der Waals surface area contributed by atoms with Gasteiger partial charge in [-0.1, -0.05) is 12.2 Å². The van der Waals surface area contributed by atoms with Crippen LogP contribution in [0, 0.1) is 23.7 Å². The van der Waals surface area contributed by atoms with Crippen molar-refractivity contribution in [3.8, 4) is 0 Å². The Bertz CT molecular complexity index is 274. The second kappa shape index (κ2) is 1.91. The minimum absolute atomic E-state index is 0.0457. The van der Waals surface area contributed by atoms with Crippen LogP contribution in [0.5, 0.6) is 0 Å². The summed E-state index contributed by atoms with van der Waals surface area (Å²) in [7, 11) is 0. The largest absolute Gasteiger partial charge is 0.373 e. The van der Waals surface area contributed by atoms with Gasteiger partial charge in [-0.15, -0.1) is 0 Å². The second-order valence-electron chi connectivity index (χ2n) is 4.00. The fourth-order valence-corrected chi connectivity index (χ4v) is 3.00. The van der Waals surface area contributed by atoms with Crippen LogP contribution in [0.1, 0.15) is 6.42 Å². The lowest BCUT2D eigenvalue weighted by Crippen LogP contribution is -2.30. The summed E-state index contributed by atoms with van der Waals surface area (Å²) >= 11 is 0. The van der Waals surface area contributed by atoms with Gasteiger partial charge in [-0.2, -0.15) is 0 Å². The molecule has 3 nitrogen and oxygen atoms in total. The van der Waals surface area contributed by atoms with Crippen LogP contribution in [0.25, 0.3) is 0 Å². The molecule has 2 aliphatic carbocycles. The lowest BCUT2D eigenvalue weighted by atomic mass is 9.85. The molecule has 3 unspecified atom stereocenters. The van der Waals surface area contributed by atoms with Crippen LogP contribution in [0.15, 0.2) is 12.2 Å². The van der Waals surface area contributed by atoms with E-state index in [1.54, 1.807) is 0 Å². The van der Waals surface area contributed by atoms with Crippen molar-refractivity contribution in [1.29, 1.82) is 0 Å². The first-order valence-electron chi connectivity index (χ1n) is 4.44. The zero-order chi connectivity index (χ0) is 8.29. The molecule has 3 aliphatic rings. The molecule has 0 radical (unpaired) electrons. The first-order chi connectivity index (χ1) is 5.77. The van der Waals surface area contributed by atoms with E-state index in [-0.39, 0.29) is 17.7 Å². The maximum Gasteiger partial charge on any atom is 0.226 e. The van der Waals surface area contributed by atoms with Crippen molar-refractivity contribution in [1.82, 2.24) is 5.32 Å². The fourth-order valence-electron chi connectivity index (χ4n) is 3.00. The van der Waals surface area contributed by atoms with Gasteiger partial charge >= 0.3 is 0 Å². The van der Waals surface area contributed by atoms with Crippen molar-refractivity contribution in [2.24, 2.45) is 23.7 Å². The van der Waals surface area contributed by atoms with Gasteiger partial charge in [0, 0.05) is 5.92 Å². The number of aliphatic hydroxyl groups excluding tert-OH is 1. The number of amides is 1.